The number of hydrogen-bond donors (Lipinski definition) is 2. The Balaban J connectivity index is 3.06. The van der Waals surface area contributed by atoms with Crippen molar-refractivity contribution in [3.8, 4) is 5.75 Å². The Morgan fingerprint density at radius 1 is 1.50 bits per heavy atom. The second kappa shape index (κ2) is 2.66. The average Bonchev–Trinajstić information content (AvgIpc) is 1.85. The van der Waals surface area contributed by atoms with E-state index in [-0.39, 0.29) is 12.4 Å². The molecule has 3 nitrogen and oxygen atoms in total. The number of rotatable bonds is 1. The van der Waals surface area contributed by atoms with Gasteiger partial charge in [0.1, 0.15) is 7.05 Å². The lowest BCUT2D eigenvalue weighted by Crippen LogP contribution is -2.27. The molecule has 1 rings (SSSR count). The van der Waals surface area contributed by atoms with Gasteiger partial charge >= 0.3 is 0 Å². The standard InChI is InChI=1S/C7H9NO2/c1-8-3-6(5-9)2-7(10)4-8/h2-4,9H,5H2,1H3/p+1. The molecule has 0 atom stereocenters. The lowest BCUT2D eigenvalue weighted by atomic mass is 10.3. The molecule has 1 heterocycles. The van der Waals surface area contributed by atoms with Crippen molar-refractivity contribution in [2.75, 3.05) is 0 Å². The molecule has 54 valence electrons. The van der Waals surface area contributed by atoms with Gasteiger partial charge in [0.2, 0.25) is 6.20 Å². The van der Waals surface area contributed by atoms with Crippen LogP contribution in [0, 0.1) is 0 Å². The molecule has 1 aromatic rings. The fraction of sp³-hybridized carbons (Fsp3) is 0.286. The summed E-state index contributed by atoms with van der Waals surface area (Å²) in [5.41, 5.74) is 0.711. The van der Waals surface area contributed by atoms with E-state index in [2.05, 4.69) is 0 Å². The highest BCUT2D eigenvalue weighted by Crippen LogP contribution is 2.05. The third-order valence-corrected chi connectivity index (χ3v) is 1.22. The summed E-state index contributed by atoms with van der Waals surface area (Å²) >= 11 is 0. The Labute approximate surface area is 59.2 Å². The fourth-order valence-corrected chi connectivity index (χ4v) is 0.858. The second-order valence-corrected chi connectivity index (χ2v) is 2.23. The van der Waals surface area contributed by atoms with Crippen LogP contribution in [0.15, 0.2) is 18.5 Å². The van der Waals surface area contributed by atoms with E-state index in [1.165, 1.54) is 6.07 Å². The number of hydrogen-bond acceptors (Lipinski definition) is 2. The topological polar surface area (TPSA) is 44.3 Å². The van der Waals surface area contributed by atoms with Crippen LogP contribution in [0.4, 0.5) is 0 Å². The summed E-state index contributed by atoms with van der Waals surface area (Å²) < 4.78 is 1.70. The highest BCUT2D eigenvalue weighted by molar-refractivity contribution is 5.18. The van der Waals surface area contributed by atoms with Gasteiger partial charge in [-0.25, -0.2) is 4.57 Å². The largest absolute Gasteiger partial charge is 0.503 e. The summed E-state index contributed by atoms with van der Waals surface area (Å²) in [4.78, 5) is 0. The van der Waals surface area contributed by atoms with Crippen molar-refractivity contribution >= 4 is 0 Å². The first-order valence-electron chi connectivity index (χ1n) is 3.01. The molecule has 0 unspecified atom stereocenters. The summed E-state index contributed by atoms with van der Waals surface area (Å²) in [5, 5.41) is 17.7. The van der Waals surface area contributed by atoms with Gasteiger partial charge in [-0.1, -0.05) is 0 Å². The Kier molecular flexibility index (Phi) is 1.87. The lowest BCUT2D eigenvalue weighted by molar-refractivity contribution is -0.672. The van der Waals surface area contributed by atoms with Gasteiger partial charge in [-0.3, -0.25) is 0 Å². The summed E-state index contributed by atoms with van der Waals surface area (Å²) in [6, 6.07) is 1.53. The minimum atomic E-state index is -0.0394. The van der Waals surface area contributed by atoms with Crippen LogP contribution in [0.25, 0.3) is 0 Å². The van der Waals surface area contributed by atoms with Crippen LogP contribution in [0.5, 0.6) is 5.75 Å². The van der Waals surface area contributed by atoms with Gasteiger partial charge in [-0.15, -0.1) is 0 Å². The monoisotopic (exact) mass is 140 g/mol. The van der Waals surface area contributed by atoms with E-state index in [4.69, 9.17) is 10.2 Å². The summed E-state index contributed by atoms with van der Waals surface area (Å²) in [6.07, 6.45) is 3.32. The van der Waals surface area contributed by atoms with Gasteiger partial charge in [-0.05, 0) is 6.07 Å². The molecule has 0 fully saturated rings. The predicted octanol–water partition coefficient (Wildman–Crippen LogP) is -0.291. The van der Waals surface area contributed by atoms with Gasteiger partial charge < -0.3 is 10.2 Å². The van der Waals surface area contributed by atoms with Crippen molar-refractivity contribution < 1.29 is 14.8 Å². The van der Waals surface area contributed by atoms with Crippen molar-refractivity contribution in [2.45, 2.75) is 6.61 Å². The minimum Gasteiger partial charge on any atom is -0.503 e. The number of aromatic hydroxyl groups is 1. The van der Waals surface area contributed by atoms with Crippen LogP contribution in [0.2, 0.25) is 0 Å². The predicted molar refractivity (Wildman–Crippen MR) is 35.2 cm³/mol. The van der Waals surface area contributed by atoms with Gasteiger partial charge in [0.25, 0.3) is 0 Å². The first kappa shape index (κ1) is 7.02. The number of aliphatic hydroxyl groups is 1. The SMILES string of the molecule is C[n+]1cc(O)cc(CO)c1. The summed E-state index contributed by atoms with van der Waals surface area (Å²) in [5.74, 6) is 0.175. The molecular formula is C7H10NO2+. The van der Waals surface area contributed by atoms with Crippen LogP contribution >= 0.6 is 0 Å². The van der Waals surface area contributed by atoms with E-state index < -0.39 is 0 Å². The maximum Gasteiger partial charge on any atom is 0.210 e. The normalized spacial score (nSPS) is 9.80. The van der Waals surface area contributed by atoms with E-state index in [1.807, 2.05) is 0 Å². The van der Waals surface area contributed by atoms with Crippen molar-refractivity contribution in [2.24, 2.45) is 7.05 Å². The van der Waals surface area contributed by atoms with Crippen molar-refractivity contribution in [3.05, 3.63) is 24.0 Å². The van der Waals surface area contributed by atoms with Crippen molar-refractivity contribution in [1.82, 2.24) is 0 Å². The maximum absolute atomic E-state index is 8.99. The highest BCUT2D eigenvalue weighted by atomic mass is 16.3. The molecule has 0 radical (unpaired) electrons. The minimum absolute atomic E-state index is 0.0394. The molecule has 0 aromatic carbocycles. The van der Waals surface area contributed by atoms with E-state index in [1.54, 1.807) is 24.0 Å². The zero-order valence-electron chi connectivity index (χ0n) is 5.78. The molecule has 1 aromatic heterocycles. The van der Waals surface area contributed by atoms with Gasteiger partial charge in [0.05, 0.1) is 6.61 Å². The number of pyridine rings is 1. The van der Waals surface area contributed by atoms with E-state index in [9.17, 15) is 0 Å². The molecule has 0 bridgehead atoms. The molecule has 0 saturated heterocycles. The van der Waals surface area contributed by atoms with Gasteiger partial charge in [0, 0.05) is 5.56 Å². The number of aryl methyl sites for hydroxylation is 1. The third-order valence-electron chi connectivity index (χ3n) is 1.22. The fourth-order valence-electron chi connectivity index (χ4n) is 0.858. The average molecular weight is 140 g/mol. The van der Waals surface area contributed by atoms with Gasteiger partial charge in [0.15, 0.2) is 11.9 Å². The first-order valence-corrected chi connectivity index (χ1v) is 3.01. The molecule has 3 heteroatoms. The molecule has 0 aliphatic heterocycles. The maximum atomic E-state index is 8.99. The summed E-state index contributed by atoms with van der Waals surface area (Å²) in [6.45, 7) is -0.0394. The van der Waals surface area contributed by atoms with Crippen molar-refractivity contribution in [1.29, 1.82) is 0 Å². The highest BCUT2D eigenvalue weighted by Gasteiger charge is 2.00. The van der Waals surface area contributed by atoms with E-state index in [0.717, 1.165) is 0 Å². The molecule has 0 aliphatic rings. The molecule has 2 N–H and O–H groups in total. The summed E-state index contributed by atoms with van der Waals surface area (Å²) in [7, 11) is 1.79. The van der Waals surface area contributed by atoms with Crippen LogP contribution in [0.3, 0.4) is 0 Å². The second-order valence-electron chi connectivity index (χ2n) is 2.23. The Bertz CT molecular complexity index is 215. The first-order chi connectivity index (χ1) is 4.72. The van der Waals surface area contributed by atoms with Crippen molar-refractivity contribution in [3.63, 3.8) is 0 Å². The van der Waals surface area contributed by atoms with Gasteiger partial charge in [-0.2, -0.15) is 0 Å². The number of aromatic nitrogens is 1. The van der Waals surface area contributed by atoms with E-state index >= 15 is 0 Å². The molecule has 0 amide bonds. The smallest absolute Gasteiger partial charge is 0.210 e. The lowest BCUT2D eigenvalue weighted by Gasteiger charge is -1.93. The van der Waals surface area contributed by atoms with Crippen LogP contribution in [-0.4, -0.2) is 10.2 Å². The molecular weight excluding hydrogens is 130 g/mol. The Morgan fingerprint density at radius 3 is 2.70 bits per heavy atom. The third kappa shape index (κ3) is 1.45. The Hall–Kier alpha value is -1.09. The molecule has 10 heavy (non-hydrogen) atoms. The van der Waals surface area contributed by atoms with Crippen LogP contribution < -0.4 is 4.57 Å². The molecule has 0 spiro atoms. The van der Waals surface area contributed by atoms with Crippen LogP contribution in [-0.2, 0) is 13.7 Å². The zero-order valence-corrected chi connectivity index (χ0v) is 5.78. The Morgan fingerprint density at radius 2 is 2.20 bits per heavy atom. The van der Waals surface area contributed by atoms with E-state index in [0.29, 0.717) is 5.56 Å². The van der Waals surface area contributed by atoms with Crippen LogP contribution in [0.1, 0.15) is 5.56 Å². The number of nitrogens with zero attached hydrogens (tertiary/aromatic N) is 1. The molecule has 0 saturated carbocycles. The quantitative estimate of drug-likeness (QED) is 0.526. The zero-order chi connectivity index (χ0) is 7.56. The number of aliphatic hydroxyl groups excluding tert-OH is 1. The molecule has 0 aliphatic carbocycles.